The van der Waals surface area contributed by atoms with Gasteiger partial charge in [-0.2, -0.15) is 0 Å². The standard InChI is InChI=1S/C21H24N4O5S/c1-4-29-20(27)15-5-7-16(8-6-15)22-18(26)13-31-21-24-23-19(25(21)10-12-28-3)17-9-11-30-14(17)2/h5-9,11H,4,10,12-13H2,1-3H3,(H,22,26). The largest absolute Gasteiger partial charge is 0.469 e. The van der Waals surface area contributed by atoms with Crippen molar-refractivity contribution in [3.63, 3.8) is 0 Å². The minimum Gasteiger partial charge on any atom is -0.469 e. The number of furan rings is 1. The molecule has 9 nitrogen and oxygen atoms in total. The summed E-state index contributed by atoms with van der Waals surface area (Å²) < 4.78 is 17.4. The number of hydrogen-bond acceptors (Lipinski definition) is 8. The minimum absolute atomic E-state index is 0.148. The number of nitrogens with zero attached hydrogens (tertiary/aromatic N) is 3. The molecule has 10 heteroatoms. The number of carbonyl (C=O) groups excluding carboxylic acids is 2. The van der Waals surface area contributed by atoms with Gasteiger partial charge in [0.05, 0.1) is 42.9 Å². The van der Waals surface area contributed by atoms with E-state index in [0.717, 1.165) is 11.3 Å². The van der Waals surface area contributed by atoms with E-state index >= 15 is 0 Å². The monoisotopic (exact) mass is 444 g/mol. The summed E-state index contributed by atoms with van der Waals surface area (Å²) in [6, 6.07) is 8.39. The fraction of sp³-hybridized carbons (Fsp3) is 0.333. The quantitative estimate of drug-likeness (QED) is 0.374. The number of aryl methyl sites for hydroxylation is 1. The van der Waals surface area contributed by atoms with E-state index in [0.29, 0.717) is 42.0 Å². The van der Waals surface area contributed by atoms with Crippen molar-refractivity contribution in [1.82, 2.24) is 14.8 Å². The number of anilines is 1. The minimum atomic E-state index is -0.394. The highest BCUT2D eigenvalue weighted by Crippen LogP contribution is 2.27. The molecule has 0 bridgehead atoms. The average molecular weight is 445 g/mol. The first-order chi connectivity index (χ1) is 15.0. The first-order valence-electron chi connectivity index (χ1n) is 9.70. The molecule has 3 rings (SSSR count). The second kappa shape index (κ2) is 10.8. The Labute approximate surface area is 184 Å². The van der Waals surface area contributed by atoms with E-state index in [-0.39, 0.29) is 11.7 Å². The number of benzene rings is 1. The predicted molar refractivity (Wildman–Crippen MR) is 116 cm³/mol. The van der Waals surface area contributed by atoms with Crippen LogP contribution in [0.3, 0.4) is 0 Å². The van der Waals surface area contributed by atoms with E-state index in [1.807, 2.05) is 17.6 Å². The molecule has 0 aliphatic carbocycles. The van der Waals surface area contributed by atoms with Crippen molar-refractivity contribution in [1.29, 1.82) is 0 Å². The van der Waals surface area contributed by atoms with Gasteiger partial charge < -0.3 is 19.2 Å². The number of rotatable bonds is 10. The van der Waals surface area contributed by atoms with Crippen LogP contribution in [-0.2, 0) is 20.8 Å². The Morgan fingerprint density at radius 1 is 1.19 bits per heavy atom. The van der Waals surface area contributed by atoms with Crippen LogP contribution < -0.4 is 5.32 Å². The highest BCUT2D eigenvalue weighted by Gasteiger charge is 2.18. The third-order valence-electron chi connectivity index (χ3n) is 4.35. The molecule has 0 saturated carbocycles. The second-order valence-electron chi connectivity index (χ2n) is 6.48. The molecule has 0 aliphatic heterocycles. The Morgan fingerprint density at radius 2 is 1.97 bits per heavy atom. The van der Waals surface area contributed by atoms with Gasteiger partial charge in [-0.15, -0.1) is 10.2 Å². The highest BCUT2D eigenvalue weighted by atomic mass is 32.2. The number of esters is 1. The van der Waals surface area contributed by atoms with E-state index < -0.39 is 5.97 Å². The summed E-state index contributed by atoms with van der Waals surface area (Å²) in [5.41, 5.74) is 1.87. The maximum atomic E-state index is 12.4. The van der Waals surface area contributed by atoms with Gasteiger partial charge in [0, 0.05) is 12.8 Å². The van der Waals surface area contributed by atoms with Gasteiger partial charge in [-0.25, -0.2) is 4.79 Å². The van der Waals surface area contributed by atoms with Crippen LogP contribution in [0, 0.1) is 6.92 Å². The third kappa shape index (κ3) is 5.74. The van der Waals surface area contributed by atoms with E-state index in [1.54, 1.807) is 44.6 Å². The Balaban J connectivity index is 1.64. The van der Waals surface area contributed by atoms with Gasteiger partial charge in [-0.05, 0) is 44.2 Å². The number of ether oxygens (including phenoxy) is 2. The van der Waals surface area contributed by atoms with Crippen molar-refractivity contribution in [3.05, 3.63) is 47.9 Å². The average Bonchev–Trinajstić information content (AvgIpc) is 3.36. The number of nitrogens with one attached hydrogen (secondary N) is 1. The van der Waals surface area contributed by atoms with E-state index in [4.69, 9.17) is 13.9 Å². The van der Waals surface area contributed by atoms with Crippen LogP contribution >= 0.6 is 11.8 Å². The summed E-state index contributed by atoms with van der Waals surface area (Å²) in [5.74, 6) is 0.966. The molecule has 1 amide bonds. The zero-order chi connectivity index (χ0) is 22.2. The van der Waals surface area contributed by atoms with E-state index in [1.165, 1.54) is 11.8 Å². The number of methoxy groups -OCH3 is 1. The van der Waals surface area contributed by atoms with Gasteiger partial charge in [0.15, 0.2) is 11.0 Å². The molecule has 0 atom stereocenters. The topological polar surface area (TPSA) is 108 Å². The maximum Gasteiger partial charge on any atom is 0.338 e. The zero-order valence-electron chi connectivity index (χ0n) is 17.6. The molecule has 0 spiro atoms. The lowest BCUT2D eigenvalue weighted by atomic mass is 10.2. The fourth-order valence-corrected chi connectivity index (χ4v) is 3.59. The lowest BCUT2D eigenvalue weighted by Gasteiger charge is -2.09. The van der Waals surface area contributed by atoms with Gasteiger partial charge in [0.1, 0.15) is 5.76 Å². The molecule has 1 aromatic carbocycles. The van der Waals surface area contributed by atoms with Crippen LogP contribution in [0.4, 0.5) is 5.69 Å². The van der Waals surface area contributed by atoms with Crippen LogP contribution in [0.5, 0.6) is 0 Å². The van der Waals surface area contributed by atoms with Crippen LogP contribution in [-0.4, -0.2) is 52.7 Å². The molecular weight excluding hydrogens is 420 g/mol. The SMILES string of the molecule is CCOC(=O)c1ccc(NC(=O)CSc2nnc(-c3ccoc3C)n2CCOC)cc1. The molecule has 0 radical (unpaired) electrons. The Hall–Kier alpha value is -3.11. The summed E-state index contributed by atoms with van der Waals surface area (Å²) in [6.45, 7) is 4.94. The Morgan fingerprint density at radius 3 is 2.61 bits per heavy atom. The smallest absolute Gasteiger partial charge is 0.338 e. The summed E-state index contributed by atoms with van der Waals surface area (Å²) in [5, 5.41) is 11.9. The Kier molecular flexibility index (Phi) is 7.85. The van der Waals surface area contributed by atoms with Crippen LogP contribution in [0.25, 0.3) is 11.4 Å². The number of aromatic nitrogens is 3. The van der Waals surface area contributed by atoms with Crippen molar-refractivity contribution in [2.45, 2.75) is 25.5 Å². The number of thioether (sulfide) groups is 1. The number of amides is 1. The molecule has 31 heavy (non-hydrogen) atoms. The van der Waals surface area contributed by atoms with Gasteiger partial charge in [-0.3, -0.25) is 9.36 Å². The molecule has 0 saturated heterocycles. The van der Waals surface area contributed by atoms with Gasteiger partial charge >= 0.3 is 5.97 Å². The van der Waals surface area contributed by atoms with Gasteiger partial charge in [0.25, 0.3) is 0 Å². The molecule has 0 fully saturated rings. The molecule has 164 valence electrons. The van der Waals surface area contributed by atoms with Crippen molar-refractivity contribution < 1.29 is 23.5 Å². The van der Waals surface area contributed by atoms with Gasteiger partial charge in [-0.1, -0.05) is 11.8 Å². The summed E-state index contributed by atoms with van der Waals surface area (Å²) in [7, 11) is 1.63. The number of hydrogen-bond donors (Lipinski definition) is 1. The molecule has 0 aliphatic rings. The van der Waals surface area contributed by atoms with Crippen molar-refractivity contribution in [3.8, 4) is 11.4 Å². The highest BCUT2D eigenvalue weighted by molar-refractivity contribution is 7.99. The van der Waals surface area contributed by atoms with E-state index in [9.17, 15) is 9.59 Å². The van der Waals surface area contributed by atoms with Gasteiger partial charge in [0.2, 0.25) is 5.91 Å². The lowest BCUT2D eigenvalue weighted by Crippen LogP contribution is -2.15. The maximum absolute atomic E-state index is 12.4. The number of carbonyl (C=O) groups is 2. The normalized spacial score (nSPS) is 10.8. The first-order valence-corrected chi connectivity index (χ1v) is 10.7. The molecule has 2 heterocycles. The lowest BCUT2D eigenvalue weighted by molar-refractivity contribution is -0.113. The first kappa shape index (κ1) is 22.6. The molecule has 1 N–H and O–H groups in total. The molecule has 0 unspecified atom stereocenters. The summed E-state index contributed by atoms with van der Waals surface area (Å²) in [6.07, 6.45) is 1.60. The summed E-state index contributed by atoms with van der Waals surface area (Å²) in [4.78, 5) is 24.1. The predicted octanol–water partition coefficient (Wildman–Crippen LogP) is 3.40. The zero-order valence-corrected chi connectivity index (χ0v) is 18.4. The third-order valence-corrected chi connectivity index (χ3v) is 5.31. The van der Waals surface area contributed by atoms with Crippen molar-refractivity contribution in [2.24, 2.45) is 0 Å². The van der Waals surface area contributed by atoms with Crippen molar-refractivity contribution >= 4 is 29.3 Å². The Bertz CT molecular complexity index is 1030. The van der Waals surface area contributed by atoms with Crippen LogP contribution in [0.2, 0.25) is 0 Å². The van der Waals surface area contributed by atoms with Crippen molar-refractivity contribution in [2.75, 3.05) is 31.4 Å². The fourth-order valence-electron chi connectivity index (χ4n) is 2.83. The van der Waals surface area contributed by atoms with Crippen LogP contribution in [0.1, 0.15) is 23.0 Å². The second-order valence-corrected chi connectivity index (χ2v) is 7.42. The summed E-state index contributed by atoms with van der Waals surface area (Å²) >= 11 is 1.28. The molecular formula is C21H24N4O5S. The molecule has 2 aromatic heterocycles. The van der Waals surface area contributed by atoms with Crippen LogP contribution in [0.15, 0.2) is 46.2 Å². The molecule has 3 aromatic rings. The van der Waals surface area contributed by atoms with E-state index in [2.05, 4.69) is 15.5 Å².